The highest BCUT2D eigenvalue weighted by molar-refractivity contribution is 7.98. The maximum atomic E-state index is 12.1. The third kappa shape index (κ3) is 3.84. The predicted molar refractivity (Wildman–Crippen MR) is 81.9 cm³/mol. The second-order valence-corrected chi connectivity index (χ2v) is 5.50. The van der Waals surface area contributed by atoms with E-state index in [1.807, 2.05) is 30.8 Å². The van der Waals surface area contributed by atoms with Gasteiger partial charge in [-0.05, 0) is 30.4 Å². The number of anilines is 1. The Labute approximate surface area is 122 Å². The van der Waals surface area contributed by atoms with Gasteiger partial charge in [-0.15, -0.1) is 0 Å². The summed E-state index contributed by atoms with van der Waals surface area (Å²) in [6.07, 6.45) is 5.01. The Bertz CT molecular complexity index is 582. The Morgan fingerprint density at radius 3 is 3.00 bits per heavy atom. The van der Waals surface area contributed by atoms with Crippen molar-refractivity contribution in [3.05, 3.63) is 41.9 Å². The lowest BCUT2D eigenvalue weighted by atomic mass is 10.3. The van der Waals surface area contributed by atoms with Crippen LogP contribution in [0.2, 0.25) is 0 Å². The topological polar surface area (TPSA) is 59.8 Å². The molecule has 0 bridgehead atoms. The molecule has 1 N–H and O–H groups in total. The van der Waals surface area contributed by atoms with Gasteiger partial charge >= 0.3 is 0 Å². The molecule has 1 amide bonds. The summed E-state index contributed by atoms with van der Waals surface area (Å²) in [5.74, 6) is 2.39. The standard InChI is InChI=1S/C14H18N4OS/c1-3-18-9-12(8-16-18)14(19)17-13-7-11(5-6-15-13)10-20-4-2/h5-9H,3-4,10H2,1-2H3,(H,15,17,19). The summed E-state index contributed by atoms with van der Waals surface area (Å²) in [7, 11) is 0. The minimum atomic E-state index is -0.183. The van der Waals surface area contributed by atoms with E-state index in [-0.39, 0.29) is 5.91 Å². The average molecular weight is 290 g/mol. The van der Waals surface area contributed by atoms with Crippen molar-refractivity contribution in [2.45, 2.75) is 26.1 Å². The van der Waals surface area contributed by atoms with Crippen molar-refractivity contribution < 1.29 is 4.79 Å². The van der Waals surface area contributed by atoms with E-state index in [1.165, 1.54) is 0 Å². The fraction of sp³-hybridized carbons (Fsp3) is 0.357. The van der Waals surface area contributed by atoms with E-state index >= 15 is 0 Å². The summed E-state index contributed by atoms with van der Waals surface area (Å²) in [6.45, 7) is 4.85. The number of aromatic nitrogens is 3. The van der Waals surface area contributed by atoms with Gasteiger partial charge in [0, 0.05) is 24.7 Å². The number of thioether (sulfide) groups is 1. The smallest absolute Gasteiger partial charge is 0.260 e. The highest BCUT2D eigenvalue weighted by Crippen LogP contribution is 2.14. The summed E-state index contributed by atoms with van der Waals surface area (Å²) in [5.41, 5.74) is 1.70. The molecule has 0 aliphatic carbocycles. The number of pyridine rings is 1. The molecule has 0 aliphatic rings. The minimum absolute atomic E-state index is 0.183. The Hall–Kier alpha value is -1.82. The van der Waals surface area contributed by atoms with Crippen LogP contribution in [0.1, 0.15) is 29.8 Å². The fourth-order valence-electron chi connectivity index (χ4n) is 1.69. The summed E-state index contributed by atoms with van der Waals surface area (Å²) in [4.78, 5) is 16.2. The highest BCUT2D eigenvalue weighted by atomic mass is 32.2. The molecule has 0 saturated carbocycles. The average Bonchev–Trinajstić information content (AvgIpc) is 2.94. The Balaban J connectivity index is 2.03. The van der Waals surface area contributed by atoms with Gasteiger partial charge in [0.15, 0.2) is 0 Å². The molecule has 2 heterocycles. The van der Waals surface area contributed by atoms with Gasteiger partial charge in [-0.1, -0.05) is 6.92 Å². The molecule has 6 heteroatoms. The lowest BCUT2D eigenvalue weighted by molar-refractivity contribution is 0.102. The van der Waals surface area contributed by atoms with Gasteiger partial charge in [0.25, 0.3) is 5.91 Å². The predicted octanol–water partition coefficient (Wildman–Crippen LogP) is 2.80. The maximum absolute atomic E-state index is 12.1. The van der Waals surface area contributed by atoms with Crippen LogP contribution in [0.3, 0.4) is 0 Å². The summed E-state index contributed by atoms with van der Waals surface area (Å²) >= 11 is 1.84. The van der Waals surface area contributed by atoms with Crippen molar-refractivity contribution in [2.75, 3.05) is 11.1 Å². The lowest BCUT2D eigenvalue weighted by Gasteiger charge is -2.05. The molecule has 0 radical (unpaired) electrons. The van der Waals surface area contributed by atoms with Crippen molar-refractivity contribution in [2.24, 2.45) is 0 Å². The van der Waals surface area contributed by atoms with E-state index in [0.717, 1.165) is 23.6 Å². The first-order valence-electron chi connectivity index (χ1n) is 6.59. The Kier molecular flexibility index (Phi) is 5.17. The van der Waals surface area contributed by atoms with Gasteiger partial charge in [0.05, 0.1) is 11.8 Å². The van der Waals surface area contributed by atoms with Crippen LogP contribution < -0.4 is 5.32 Å². The molecule has 2 aromatic rings. The number of amides is 1. The molecule has 0 aromatic carbocycles. The maximum Gasteiger partial charge on any atom is 0.260 e. The van der Waals surface area contributed by atoms with Gasteiger partial charge in [-0.2, -0.15) is 16.9 Å². The van der Waals surface area contributed by atoms with Crippen LogP contribution in [0, 0.1) is 0 Å². The zero-order valence-electron chi connectivity index (χ0n) is 11.7. The van der Waals surface area contributed by atoms with Crippen molar-refractivity contribution in [3.8, 4) is 0 Å². The number of hydrogen-bond acceptors (Lipinski definition) is 4. The second-order valence-electron chi connectivity index (χ2n) is 4.23. The van der Waals surface area contributed by atoms with Gasteiger partial charge in [0.1, 0.15) is 5.82 Å². The quantitative estimate of drug-likeness (QED) is 0.888. The number of hydrogen-bond donors (Lipinski definition) is 1. The molecule has 0 aliphatic heterocycles. The first kappa shape index (κ1) is 14.6. The highest BCUT2D eigenvalue weighted by Gasteiger charge is 2.09. The normalized spacial score (nSPS) is 10.5. The first-order chi connectivity index (χ1) is 9.72. The third-order valence-electron chi connectivity index (χ3n) is 2.76. The van der Waals surface area contributed by atoms with Gasteiger partial charge < -0.3 is 5.32 Å². The van der Waals surface area contributed by atoms with Crippen LogP contribution in [0.25, 0.3) is 0 Å². The van der Waals surface area contributed by atoms with E-state index < -0.39 is 0 Å². The molecular formula is C14H18N4OS. The number of aryl methyl sites for hydroxylation is 1. The molecule has 20 heavy (non-hydrogen) atoms. The second kappa shape index (κ2) is 7.09. The largest absolute Gasteiger partial charge is 0.306 e. The Morgan fingerprint density at radius 1 is 1.45 bits per heavy atom. The number of carbonyl (C=O) groups excluding carboxylic acids is 1. The molecule has 0 atom stereocenters. The number of carbonyl (C=O) groups is 1. The zero-order chi connectivity index (χ0) is 14.4. The molecule has 0 saturated heterocycles. The van der Waals surface area contributed by atoms with Crippen LogP contribution in [0.15, 0.2) is 30.7 Å². The van der Waals surface area contributed by atoms with Gasteiger partial charge in [0.2, 0.25) is 0 Å². The summed E-state index contributed by atoms with van der Waals surface area (Å²) in [5, 5.41) is 6.89. The zero-order valence-corrected chi connectivity index (χ0v) is 12.5. The minimum Gasteiger partial charge on any atom is -0.306 e. The third-order valence-corrected chi connectivity index (χ3v) is 3.70. The van der Waals surface area contributed by atoms with E-state index in [2.05, 4.69) is 22.3 Å². The van der Waals surface area contributed by atoms with Crippen molar-refractivity contribution in [3.63, 3.8) is 0 Å². The molecule has 0 unspecified atom stereocenters. The molecule has 2 rings (SSSR count). The molecule has 5 nitrogen and oxygen atoms in total. The summed E-state index contributed by atoms with van der Waals surface area (Å²) in [6, 6.07) is 3.87. The molecule has 0 fully saturated rings. The van der Waals surface area contributed by atoms with Crippen molar-refractivity contribution in [1.29, 1.82) is 0 Å². The number of nitrogens with one attached hydrogen (secondary N) is 1. The van der Waals surface area contributed by atoms with E-state index in [1.54, 1.807) is 23.3 Å². The summed E-state index contributed by atoms with van der Waals surface area (Å²) < 4.78 is 1.72. The number of nitrogens with zero attached hydrogens (tertiary/aromatic N) is 3. The van der Waals surface area contributed by atoms with Crippen molar-refractivity contribution in [1.82, 2.24) is 14.8 Å². The fourth-order valence-corrected chi connectivity index (χ4v) is 2.31. The van der Waals surface area contributed by atoms with E-state index in [0.29, 0.717) is 11.4 Å². The van der Waals surface area contributed by atoms with Crippen LogP contribution >= 0.6 is 11.8 Å². The van der Waals surface area contributed by atoms with E-state index in [9.17, 15) is 4.79 Å². The lowest BCUT2D eigenvalue weighted by Crippen LogP contribution is -2.12. The molecule has 0 spiro atoms. The SMILES string of the molecule is CCSCc1ccnc(NC(=O)c2cnn(CC)c2)c1. The van der Waals surface area contributed by atoms with Gasteiger partial charge in [-0.25, -0.2) is 4.98 Å². The van der Waals surface area contributed by atoms with Gasteiger partial charge in [-0.3, -0.25) is 9.48 Å². The molecule has 2 aromatic heterocycles. The van der Waals surface area contributed by atoms with Crippen LogP contribution in [0.5, 0.6) is 0 Å². The van der Waals surface area contributed by atoms with Crippen LogP contribution in [-0.2, 0) is 12.3 Å². The monoisotopic (exact) mass is 290 g/mol. The van der Waals surface area contributed by atoms with Crippen molar-refractivity contribution >= 4 is 23.5 Å². The Morgan fingerprint density at radius 2 is 2.30 bits per heavy atom. The molecular weight excluding hydrogens is 272 g/mol. The van der Waals surface area contributed by atoms with Crippen LogP contribution in [0.4, 0.5) is 5.82 Å². The first-order valence-corrected chi connectivity index (χ1v) is 7.75. The number of rotatable bonds is 6. The van der Waals surface area contributed by atoms with E-state index in [4.69, 9.17) is 0 Å². The molecule has 106 valence electrons. The van der Waals surface area contributed by atoms with Crippen LogP contribution in [-0.4, -0.2) is 26.4 Å².